The second-order valence-corrected chi connectivity index (χ2v) is 4.12. The molecule has 0 aromatic heterocycles. The fraction of sp³-hybridized carbons (Fsp3) is 0.889. The highest BCUT2D eigenvalue weighted by molar-refractivity contribution is 5.64. The van der Waals surface area contributed by atoms with Crippen molar-refractivity contribution in [1.29, 1.82) is 0 Å². The highest BCUT2D eigenvalue weighted by atomic mass is 16.4. The Morgan fingerprint density at radius 3 is 2.23 bits per heavy atom. The lowest BCUT2D eigenvalue weighted by atomic mass is 10.1. The van der Waals surface area contributed by atoms with Crippen molar-refractivity contribution < 1.29 is 9.90 Å². The van der Waals surface area contributed by atoms with Crippen molar-refractivity contribution in [2.24, 2.45) is 0 Å². The summed E-state index contributed by atoms with van der Waals surface area (Å²) in [4.78, 5) is 10.1. The van der Waals surface area contributed by atoms with E-state index in [9.17, 15) is 4.79 Å². The molecule has 0 atom stereocenters. The topological polar surface area (TPSA) is 61.4 Å². The van der Waals surface area contributed by atoms with Gasteiger partial charge in [0, 0.05) is 12.1 Å². The van der Waals surface area contributed by atoms with Crippen LogP contribution in [0.2, 0.25) is 0 Å². The first kappa shape index (κ1) is 12.2. The van der Waals surface area contributed by atoms with Crippen LogP contribution >= 0.6 is 0 Å². The van der Waals surface area contributed by atoms with E-state index >= 15 is 0 Å². The van der Waals surface area contributed by atoms with Crippen LogP contribution in [0.15, 0.2) is 0 Å². The van der Waals surface area contributed by atoms with Crippen LogP contribution in [0.5, 0.6) is 0 Å². The first-order valence-corrected chi connectivity index (χ1v) is 4.63. The van der Waals surface area contributed by atoms with Crippen molar-refractivity contribution in [3.05, 3.63) is 0 Å². The minimum absolute atomic E-state index is 0.153. The molecule has 0 radical (unpaired) electrons. The predicted molar refractivity (Wildman–Crippen MR) is 53.0 cm³/mol. The molecule has 0 saturated carbocycles. The van der Waals surface area contributed by atoms with Gasteiger partial charge in [-0.2, -0.15) is 0 Å². The molecule has 78 valence electrons. The first-order chi connectivity index (χ1) is 5.92. The van der Waals surface area contributed by atoms with E-state index in [1.807, 2.05) is 0 Å². The Balaban J connectivity index is 3.13. The van der Waals surface area contributed by atoms with Crippen molar-refractivity contribution in [2.45, 2.75) is 39.2 Å². The molecule has 0 fully saturated rings. The number of carboxylic acid groups (broad SMARTS) is 1. The lowest BCUT2D eigenvalue weighted by Crippen LogP contribution is -2.36. The van der Waals surface area contributed by atoms with Gasteiger partial charge in [-0.25, -0.2) is 4.79 Å². The van der Waals surface area contributed by atoms with Gasteiger partial charge in [-0.1, -0.05) is 0 Å². The van der Waals surface area contributed by atoms with Crippen LogP contribution in [0, 0.1) is 0 Å². The summed E-state index contributed by atoms with van der Waals surface area (Å²) in [5.74, 6) is 0. The normalized spacial score (nSPS) is 11.3. The molecule has 13 heavy (non-hydrogen) atoms. The minimum Gasteiger partial charge on any atom is -0.465 e. The number of hydrogen-bond donors (Lipinski definition) is 3. The number of rotatable bonds is 5. The third kappa shape index (κ3) is 11.2. The molecule has 0 aromatic rings. The lowest BCUT2D eigenvalue weighted by molar-refractivity contribution is 0.194. The van der Waals surface area contributed by atoms with Gasteiger partial charge in [-0.3, -0.25) is 0 Å². The summed E-state index contributed by atoms with van der Waals surface area (Å²) in [6.07, 6.45) is 0.941. The molecule has 0 aliphatic carbocycles. The fourth-order valence-electron chi connectivity index (χ4n) is 0.909. The van der Waals surface area contributed by atoms with Crippen LogP contribution in [0.3, 0.4) is 0 Å². The van der Waals surface area contributed by atoms with Crippen molar-refractivity contribution >= 4 is 6.09 Å². The zero-order chi connectivity index (χ0) is 10.3. The molecule has 0 heterocycles. The molecule has 4 heteroatoms. The molecule has 0 spiro atoms. The van der Waals surface area contributed by atoms with Crippen LogP contribution < -0.4 is 10.6 Å². The zero-order valence-corrected chi connectivity index (χ0v) is 8.68. The summed E-state index contributed by atoms with van der Waals surface area (Å²) in [7, 11) is 0. The van der Waals surface area contributed by atoms with Gasteiger partial charge in [0.2, 0.25) is 0 Å². The third-order valence-electron chi connectivity index (χ3n) is 1.54. The molecule has 0 bridgehead atoms. The van der Waals surface area contributed by atoms with Crippen molar-refractivity contribution in [2.75, 3.05) is 13.1 Å². The molecule has 0 aliphatic heterocycles. The van der Waals surface area contributed by atoms with Gasteiger partial charge in [0.1, 0.15) is 0 Å². The highest BCUT2D eigenvalue weighted by Gasteiger charge is 2.06. The number of amides is 1. The summed E-state index contributed by atoms with van der Waals surface area (Å²) in [6, 6.07) is 0. The first-order valence-electron chi connectivity index (χ1n) is 4.63. The van der Waals surface area contributed by atoms with E-state index in [4.69, 9.17) is 5.11 Å². The second-order valence-electron chi connectivity index (χ2n) is 4.12. The molecule has 4 nitrogen and oxygen atoms in total. The number of hydrogen-bond acceptors (Lipinski definition) is 2. The maximum atomic E-state index is 10.1. The Morgan fingerprint density at radius 1 is 1.23 bits per heavy atom. The van der Waals surface area contributed by atoms with E-state index in [1.165, 1.54) is 0 Å². The summed E-state index contributed by atoms with van der Waals surface area (Å²) in [5.41, 5.74) is 0.153. The van der Waals surface area contributed by atoms with Crippen molar-refractivity contribution in [3.63, 3.8) is 0 Å². The molecular weight excluding hydrogens is 168 g/mol. The smallest absolute Gasteiger partial charge is 0.404 e. The summed E-state index contributed by atoms with van der Waals surface area (Å²) < 4.78 is 0. The van der Waals surface area contributed by atoms with Crippen molar-refractivity contribution in [1.82, 2.24) is 10.6 Å². The maximum Gasteiger partial charge on any atom is 0.404 e. The highest BCUT2D eigenvalue weighted by Crippen LogP contribution is 1.98. The lowest BCUT2D eigenvalue weighted by Gasteiger charge is -2.20. The van der Waals surface area contributed by atoms with Gasteiger partial charge in [-0.05, 0) is 40.2 Å². The van der Waals surface area contributed by atoms with Gasteiger partial charge < -0.3 is 15.7 Å². The number of unbranched alkanes of at least 4 members (excludes halogenated alkanes) is 1. The fourth-order valence-corrected chi connectivity index (χ4v) is 0.909. The van der Waals surface area contributed by atoms with Gasteiger partial charge in [0.05, 0.1) is 0 Å². The van der Waals surface area contributed by atoms with E-state index in [0.717, 1.165) is 19.4 Å². The Kier molecular flexibility index (Phi) is 5.46. The SMILES string of the molecule is CC(C)(C)NCCCCNC(=O)O. The van der Waals surface area contributed by atoms with Crippen molar-refractivity contribution in [3.8, 4) is 0 Å². The number of nitrogens with one attached hydrogen (secondary N) is 2. The van der Waals surface area contributed by atoms with E-state index < -0.39 is 6.09 Å². The van der Waals surface area contributed by atoms with Crippen LogP contribution in [0.4, 0.5) is 4.79 Å². The van der Waals surface area contributed by atoms with Crippen LogP contribution in [0.1, 0.15) is 33.6 Å². The average Bonchev–Trinajstić information content (AvgIpc) is 1.93. The molecule has 0 aliphatic rings. The number of carbonyl (C=O) groups is 1. The summed E-state index contributed by atoms with van der Waals surface area (Å²) in [6.45, 7) is 7.82. The molecule has 0 unspecified atom stereocenters. The Hall–Kier alpha value is -0.770. The molecular formula is C9H20N2O2. The van der Waals surface area contributed by atoms with Gasteiger partial charge in [0.25, 0.3) is 0 Å². The van der Waals surface area contributed by atoms with E-state index in [2.05, 4.69) is 31.4 Å². The van der Waals surface area contributed by atoms with E-state index in [-0.39, 0.29) is 5.54 Å². The van der Waals surface area contributed by atoms with Crippen LogP contribution in [0.25, 0.3) is 0 Å². The predicted octanol–water partition coefficient (Wildman–Crippen LogP) is 1.42. The average molecular weight is 188 g/mol. The van der Waals surface area contributed by atoms with Crippen LogP contribution in [-0.2, 0) is 0 Å². The second kappa shape index (κ2) is 5.80. The minimum atomic E-state index is -0.941. The Morgan fingerprint density at radius 2 is 1.77 bits per heavy atom. The largest absolute Gasteiger partial charge is 0.465 e. The third-order valence-corrected chi connectivity index (χ3v) is 1.54. The van der Waals surface area contributed by atoms with E-state index in [1.54, 1.807) is 0 Å². The quantitative estimate of drug-likeness (QED) is 0.572. The van der Waals surface area contributed by atoms with Gasteiger partial charge in [-0.15, -0.1) is 0 Å². The molecule has 0 aromatic carbocycles. The molecule has 1 amide bonds. The summed E-state index contributed by atoms with van der Waals surface area (Å²) >= 11 is 0. The molecule has 0 saturated heterocycles. The van der Waals surface area contributed by atoms with Gasteiger partial charge >= 0.3 is 6.09 Å². The Bertz CT molecular complexity index is 152. The van der Waals surface area contributed by atoms with E-state index in [0.29, 0.717) is 6.54 Å². The maximum absolute atomic E-state index is 10.1. The standard InChI is InChI=1S/C9H20N2O2/c1-9(2,3)11-7-5-4-6-10-8(12)13/h10-11H,4-7H2,1-3H3,(H,12,13). The Labute approximate surface area is 79.7 Å². The van der Waals surface area contributed by atoms with Crippen LogP contribution in [-0.4, -0.2) is 29.8 Å². The molecule has 3 N–H and O–H groups in total. The van der Waals surface area contributed by atoms with Gasteiger partial charge in [0.15, 0.2) is 0 Å². The molecule has 0 rings (SSSR count). The zero-order valence-electron chi connectivity index (χ0n) is 8.68. The summed E-state index contributed by atoms with van der Waals surface area (Å²) in [5, 5.41) is 13.9. The monoisotopic (exact) mass is 188 g/mol.